The van der Waals surface area contributed by atoms with Crippen LogP contribution in [0.25, 0.3) is 11.1 Å². The summed E-state index contributed by atoms with van der Waals surface area (Å²) < 4.78 is 45.9. The van der Waals surface area contributed by atoms with Gasteiger partial charge in [-0.15, -0.1) is 13.2 Å². The number of ether oxygens (including phenoxy) is 1. The number of rotatable bonds is 5. The lowest BCUT2D eigenvalue weighted by Crippen LogP contribution is -2.17. The van der Waals surface area contributed by atoms with Crippen molar-refractivity contribution in [2.75, 3.05) is 5.32 Å². The Morgan fingerprint density at radius 1 is 1.19 bits per heavy atom. The number of carbonyl (C=O) groups is 1. The zero-order valence-corrected chi connectivity index (χ0v) is 14.6. The molecule has 0 radical (unpaired) electrons. The summed E-state index contributed by atoms with van der Waals surface area (Å²) >= 11 is 0. The summed E-state index contributed by atoms with van der Waals surface area (Å²) in [6.07, 6.45) is -4.73. The van der Waals surface area contributed by atoms with Gasteiger partial charge < -0.3 is 14.5 Å². The maximum Gasteiger partial charge on any atom is 0.573 e. The van der Waals surface area contributed by atoms with Gasteiger partial charge in [-0.2, -0.15) is 0 Å². The maximum atomic E-state index is 12.2. The first-order valence-corrected chi connectivity index (χ1v) is 8.24. The lowest BCUT2D eigenvalue weighted by Gasteiger charge is -2.09. The molecule has 0 aliphatic rings. The molecule has 1 amide bonds. The molecule has 0 unspecified atom stereocenters. The van der Waals surface area contributed by atoms with E-state index in [-0.39, 0.29) is 24.0 Å². The summed E-state index contributed by atoms with van der Waals surface area (Å²) in [4.78, 5) is 16.6. The van der Waals surface area contributed by atoms with Crippen molar-refractivity contribution >= 4 is 22.7 Å². The first kappa shape index (κ1) is 18.8. The number of carbonyl (C=O) groups excluding carboxylic acids is 1. The number of oxazole rings is 1. The number of aromatic nitrogens is 1. The molecule has 0 aliphatic heterocycles. The van der Waals surface area contributed by atoms with Gasteiger partial charge in [-0.3, -0.25) is 4.79 Å². The van der Waals surface area contributed by atoms with Gasteiger partial charge in [0.2, 0.25) is 5.91 Å². The molecule has 0 fully saturated rings. The van der Waals surface area contributed by atoms with E-state index in [1.165, 1.54) is 24.3 Å². The molecule has 0 atom stereocenters. The van der Waals surface area contributed by atoms with Crippen molar-refractivity contribution in [1.29, 1.82) is 0 Å². The number of anilines is 1. The Hall–Kier alpha value is -3.03. The Morgan fingerprint density at radius 3 is 2.52 bits per heavy atom. The highest BCUT2D eigenvalue weighted by Gasteiger charge is 2.30. The molecule has 2 aromatic carbocycles. The smallest absolute Gasteiger partial charge is 0.440 e. The van der Waals surface area contributed by atoms with Crippen LogP contribution >= 0.6 is 0 Å². The molecule has 0 bridgehead atoms. The molecule has 3 rings (SSSR count). The highest BCUT2D eigenvalue weighted by atomic mass is 19.4. The zero-order valence-electron chi connectivity index (χ0n) is 14.6. The van der Waals surface area contributed by atoms with Crippen molar-refractivity contribution in [3.8, 4) is 5.75 Å². The number of nitrogens with one attached hydrogen (secondary N) is 1. The number of amides is 1. The Bertz CT molecular complexity index is 947. The van der Waals surface area contributed by atoms with Crippen molar-refractivity contribution in [1.82, 2.24) is 4.98 Å². The molecule has 0 aliphatic carbocycles. The summed E-state index contributed by atoms with van der Waals surface area (Å²) in [6.45, 7) is 3.94. The number of benzene rings is 2. The molecule has 1 aromatic heterocycles. The van der Waals surface area contributed by atoms with E-state index in [1.54, 1.807) is 18.2 Å². The molecule has 0 saturated heterocycles. The quantitative estimate of drug-likeness (QED) is 0.676. The van der Waals surface area contributed by atoms with Crippen LogP contribution in [0.15, 0.2) is 46.9 Å². The number of alkyl halides is 3. The number of nitrogens with zero attached hydrogens (tertiary/aromatic N) is 1. The van der Waals surface area contributed by atoms with Crippen molar-refractivity contribution < 1.29 is 27.1 Å². The fraction of sp³-hybridized carbons (Fsp3) is 0.263. The molecular formula is C19H17F3N2O3. The van der Waals surface area contributed by atoms with E-state index >= 15 is 0 Å². The Balaban J connectivity index is 1.64. The Labute approximate surface area is 153 Å². The Morgan fingerprint density at radius 2 is 1.89 bits per heavy atom. The molecule has 142 valence electrons. The van der Waals surface area contributed by atoms with Crippen LogP contribution in [0, 0.1) is 0 Å². The average molecular weight is 378 g/mol. The van der Waals surface area contributed by atoms with Gasteiger partial charge in [0, 0.05) is 11.6 Å². The zero-order chi connectivity index (χ0) is 19.6. The molecule has 1 N–H and O–H groups in total. The third-order valence-electron chi connectivity index (χ3n) is 3.70. The minimum atomic E-state index is -4.74. The van der Waals surface area contributed by atoms with E-state index in [0.29, 0.717) is 28.2 Å². The van der Waals surface area contributed by atoms with Gasteiger partial charge in [0.1, 0.15) is 11.3 Å². The van der Waals surface area contributed by atoms with Crippen LogP contribution in [0.2, 0.25) is 0 Å². The summed E-state index contributed by atoms with van der Waals surface area (Å²) in [7, 11) is 0. The topological polar surface area (TPSA) is 64.4 Å². The summed E-state index contributed by atoms with van der Waals surface area (Å²) in [6, 6.07) is 10.3. The standard InChI is InChI=1S/C19H17F3N2O3/c1-11(2)18-24-15-10-13(5-8-16(15)26-18)23-17(25)9-12-3-6-14(7-4-12)27-19(20,21)22/h3-8,10-11H,9H2,1-2H3,(H,23,25). The van der Waals surface area contributed by atoms with Crippen molar-refractivity contribution in [2.45, 2.75) is 32.5 Å². The van der Waals surface area contributed by atoms with Gasteiger partial charge in [0.25, 0.3) is 0 Å². The largest absolute Gasteiger partial charge is 0.573 e. The van der Waals surface area contributed by atoms with Gasteiger partial charge >= 0.3 is 6.36 Å². The minimum Gasteiger partial charge on any atom is -0.440 e. The second-order valence-electron chi connectivity index (χ2n) is 6.31. The summed E-state index contributed by atoms with van der Waals surface area (Å²) in [5.41, 5.74) is 2.40. The first-order valence-electron chi connectivity index (χ1n) is 8.24. The average Bonchev–Trinajstić information content (AvgIpc) is 2.99. The molecule has 8 heteroatoms. The van der Waals surface area contributed by atoms with Crippen LogP contribution in [-0.2, 0) is 11.2 Å². The third-order valence-corrected chi connectivity index (χ3v) is 3.70. The number of halogens is 3. The predicted molar refractivity (Wildman–Crippen MR) is 93.6 cm³/mol. The number of fused-ring (bicyclic) bond motifs is 1. The molecule has 0 spiro atoms. The molecule has 27 heavy (non-hydrogen) atoms. The van der Waals surface area contributed by atoms with E-state index < -0.39 is 6.36 Å². The maximum absolute atomic E-state index is 12.2. The molecule has 1 heterocycles. The first-order chi connectivity index (χ1) is 12.7. The van der Waals surface area contributed by atoms with Crippen LogP contribution in [0.3, 0.4) is 0 Å². The molecule has 5 nitrogen and oxygen atoms in total. The fourth-order valence-corrected chi connectivity index (χ4v) is 2.47. The van der Waals surface area contributed by atoms with Crippen molar-refractivity contribution in [2.24, 2.45) is 0 Å². The molecule has 0 saturated carbocycles. The number of hydrogen-bond donors (Lipinski definition) is 1. The Kier molecular flexibility index (Phi) is 5.07. The lowest BCUT2D eigenvalue weighted by molar-refractivity contribution is -0.274. The molecule has 3 aromatic rings. The van der Waals surface area contributed by atoms with Crippen LogP contribution in [0.1, 0.15) is 31.2 Å². The third kappa shape index (κ3) is 4.99. The fourth-order valence-electron chi connectivity index (χ4n) is 2.47. The van der Waals surface area contributed by atoms with Crippen LogP contribution in [0.4, 0.5) is 18.9 Å². The number of hydrogen-bond acceptors (Lipinski definition) is 4. The second-order valence-corrected chi connectivity index (χ2v) is 6.31. The normalized spacial score (nSPS) is 11.8. The SMILES string of the molecule is CC(C)c1nc2cc(NC(=O)Cc3ccc(OC(F)(F)F)cc3)ccc2o1. The predicted octanol–water partition coefficient (Wildman–Crippen LogP) is 5.03. The van der Waals surface area contributed by atoms with Crippen LogP contribution < -0.4 is 10.1 Å². The van der Waals surface area contributed by atoms with Crippen molar-refractivity contribution in [3.05, 3.63) is 53.9 Å². The van der Waals surface area contributed by atoms with Gasteiger partial charge in [-0.1, -0.05) is 26.0 Å². The van der Waals surface area contributed by atoms with Crippen LogP contribution in [0.5, 0.6) is 5.75 Å². The van der Waals surface area contributed by atoms with Crippen molar-refractivity contribution in [3.63, 3.8) is 0 Å². The van der Waals surface area contributed by atoms with Crippen LogP contribution in [-0.4, -0.2) is 17.3 Å². The van der Waals surface area contributed by atoms with E-state index in [2.05, 4.69) is 15.0 Å². The van der Waals surface area contributed by atoms with E-state index in [0.717, 1.165) is 0 Å². The molecular weight excluding hydrogens is 361 g/mol. The van der Waals surface area contributed by atoms with E-state index in [4.69, 9.17) is 4.42 Å². The second kappa shape index (κ2) is 7.30. The van der Waals surface area contributed by atoms with E-state index in [9.17, 15) is 18.0 Å². The van der Waals surface area contributed by atoms with Gasteiger partial charge in [-0.05, 0) is 35.9 Å². The van der Waals surface area contributed by atoms with E-state index in [1.807, 2.05) is 13.8 Å². The minimum absolute atomic E-state index is 0.0143. The van der Waals surface area contributed by atoms with Gasteiger partial charge in [0.05, 0.1) is 6.42 Å². The summed E-state index contributed by atoms with van der Waals surface area (Å²) in [5, 5.41) is 2.74. The lowest BCUT2D eigenvalue weighted by atomic mass is 10.1. The van der Waals surface area contributed by atoms with Gasteiger partial charge in [-0.25, -0.2) is 4.98 Å². The highest BCUT2D eigenvalue weighted by Crippen LogP contribution is 2.25. The highest BCUT2D eigenvalue weighted by molar-refractivity contribution is 5.94. The van der Waals surface area contributed by atoms with Gasteiger partial charge in [0.15, 0.2) is 11.5 Å². The summed E-state index contributed by atoms with van der Waals surface area (Å²) in [5.74, 6) is 0.143. The monoisotopic (exact) mass is 378 g/mol.